The third kappa shape index (κ3) is 2.15. The van der Waals surface area contributed by atoms with Crippen molar-refractivity contribution in [1.29, 1.82) is 0 Å². The average molecular weight is 204 g/mol. The Hall–Kier alpha value is -1.02. The van der Waals surface area contributed by atoms with E-state index in [-0.39, 0.29) is 6.04 Å². The second-order valence-corrected chi connectivity index (χ2v) is 4.73. The van der Waals surface area contributed by atoms with Crippen molar-refractivity contribution in [3.63, 3.8) is 0 Å². The van der Waals surface area contributed by atoms with Crippen LogP contribution in [0, 0.1) is 5.92 Å². The molecule has 1 aliphatic heterocycles. The molecule has 0 spiro atoms. The van der Waals surface area contributed by atoms with Crippen LogP contribution in [0.2, 0.25) is 0 Å². The standard InChI is InChI=1S/C13H20N2/c1-10(2)12(14)9-15-8-7-11-5-3-4-6-13(11)15/h3-6,10,12H,7-9,14H2,1-2H3/t12-/m1/s1. The predicted molar refractivity (Wildman–Crippen MR) is 65.2 cm³/mol. The van der Waals surface area contributed by atoms with Gasteiger partial charge in [-0.2, -0.15) is 0 Å². The van der Waals surface area contributed by atoms with Crippen LogP contribution < -0.4 is 10.6 Å². The summed E-state index contributed by atoms with van der Waals surface area (Å²) in [4.78, 5) is 2.42. The predicted octanol–water partition coefficient (Wildman–Crippen LogP) is 2.03. The average Bonchev–Trinajstić information content (AvgIpc) is 2.62. The lowest BCUT2D eigenvalue weighted by Gasteiger charge is -2.25. The molecule has 0 saturated carbocycles. The molecule has 0 unspecified atom stereocenters. The van der Waals surface area contributed by atoms with E-state index in [1.165, 1.54) is 17.7 Å². The van der Waals surface area contributed by atoms with E-state index in [1.807, 2.05) is 0 Å². The Kier molecular flexibility index (Phi) is 2.96. The minimum Gasteiger partial charge on any atom is -0.369 e. The van der Waals surface area contributed by atoms with E-state index < -0.39 is 0 Å². The number of anilines is 1. The van der Waals surface area contributed by atoms with E-state index in [0.717, 1.165) is 13.1 Å². The molecule has 2 heteroatoms. The van der Waals surface area contributed by atoms with Crippen molar-refractivity contribution < 1.29 is 0 Å². The molecular formula is C13H20N2. The van der Waals surface area contributed by atoms with Gasteiger partial charge in [0.25, 0.3) is 0 Å². The number of nitrogens with zero attached hydrogens (tertiary/aromatic N) is 1. The van der Waals surface area contributed by atoms with Gasteiger partial charge in [-0.3, -0.25) is 0 Å². The number of fused-ring (bicyclic) bond motifs is 1. The van der Waals surface area contributed by atoms with Crippen molar-refractivity contribution in [2.24, 2.45) is 11.7 Å². The van der Waals surface area contributed by atoms with E-state index in [0.29, 0.717) is 5.92 Å². The second-order valence-electron chi connectivity index (χ2n) is 4.73. The zero-order chi connectivity index (χ0) is 10.8. The van der Waals surface area contributed by atoms with Crippen molar-refractivity contribution in [3.05, 3.63) is 29.8 Å². The maximum absolute atomic E-state index is 6.11. The van der Waals surface area contributed by atoms with Crippen LogP contribution in [0.3, 0.4) is 0 Å². The molecule has 0 radical (unpaired) electrons. The monoisotopic (exact) mass is 204 g/mol. The highest BCUT2D eigenvalue weighted by Crippen LogP contribution is 2.27. The molecule has 0 fully saturated rings. The fourth-order valence-corrected chi connectivity index (χ4v) is 2.06. The molecule has 1 heterocycles. The summed E-state index contributed by atoms with van der Waals surface area (Å²) < 4.78 is 0. The van der Waals surface area contributed by atoms with Crippen LogP contribution in [0.25, 0.3) is 0 Å². The van der Waals surface area contributed by atoms with Gasteiger partial charge in [-0.05, 0) is 24.0 Å². The van der Waals surface area contributed by atoms with Gasteiger partial charge < -0.3 is 10.6 Å². The van der Waals surface area contributed by atoms with Gasteiger partial charge in [0, 0.05) is 24.8 Å². The number of nitrogens with two attached hydrogens (primary N) is 1. The Labute approximate surface area is 92.1 Å². The molecular weight excluding hydrogens is 184 g/mol. The van der Waals surface area contributed by atoms with Gasteiger partial charge in [0.2, 0.25) is 0 Å². The molecule has 1 aromatic rings. The lowest BCUT2D eigenvalue weighted by molar-refractivity contribution is 0.488. The van der Waals surface area contributed by atoms with Crippen molar-refractivity contribution in [1.82, 2.24) is 0 Å². The van der Waals surface area contributed by atoms with Crippen LogP contribution in [0.15, 0.2) is 24.3 Å². The van der Waals surface area contributed by atoms with Crippen molar-refractivity contribution in [2.45, 2.75) is 26.3 Å². The van der Waals surface area contributed by atoms with E-state index in [4.69, 9.17) is 5.73 Å². The highest BCUT2D eigenvalue weighted by atomic mass is 15.2. The summed E-state index contributed by atoms with van der Waals surface area (Å²) in [5, 5.41) is 0. The van der Waals surface area contributed by atoms with E-state index >= 15 is 0 Å². The molecule has 0 aromatic heterocycles. The minimum absolute atomic E-state index is 0.274. The molecule has 0 aliphatic carbocycles. The van der Waals surface area contributed by atoms with Gasteiger partial charge >= 0.3 is 0 Å². The Bertz CT molecular complexity index is 333. The molecule has 0 amide bonds. The smallest absolute Gasteiger partial charge is 0.0400 e. The Morgan fingerprint density at radius 3 is 2.80 bits per heavy atom. The lowest BCUT2D eigenvalue weighted by atomic mass is 10.1. The fourth-order valence-electron chi connectivity index (χ4n) is 2.06. The van der Waals surface area contributed by atoms with Gasteiger partial charge in [-0.1, -0.05) is 32.0 Å². The summed E-state index contributed by atoms with van der Waals surface area (Å²) in [7, 11) is 0. The molecule has 15 heavy (non-hydrogen) atoms. The SMILES string of the molecule is CC(C)[C@H](N)CN1CCc2ccccc21. The number of hydrogen-bond acceptors (Lipinski definition) is 2. The quantitative estimate of drug-likeness (QED) is 0.816. The van der Waals surface area contributed by atoms with Crippen LogP contribution in [0.4, 0.5) is 5.69 Å². The zero-order valence-electron chi connectivity index (χ0n) is 9.61. The molecule has 2 nitrogen and oxygen atoms in total. The summed E-state index contributed by atoms with van der Waals surface area (Å²) in [6, 6.07) is 8.92. The Morgan fingerprint density at radius 2 is 2.07 bits per heavy atom. The Morgan fingerprint density at radius 1 is 1.33 bits per heavy atom. The minimum atomic E-state index is 0.274. The first-order chi connectivity index (χ1) is 7.18. The maximum atomic E-state index is 6.11. The van der Waals surface area contributed by atoms with Gasteiger partial charge in [0.05, 0.1) is 0 Å². The van der Waals surface area contributed by atoms with Crippen LogP contribution >= 0.6 is 0 Å². The van der Waals surface area contributed by atoms with Crippen molar-refractivity contribution >= 4 is 5.69 Å². The van der Waals surface area contributed by atoms with Crippen molar-refractivity contribution in [2.75, 3.05) is 18.0 Å². The first kappa shape index (κ1) is 10.5. The van der Waals surface area contributed by atoms with Crippen molar-refractivity contribution in [3.8, 4) is 0 Å². The van der Waals surface area contributed by atoms with E-state index in [2.05, 4.69) is 43.0 Å². The number of rotatable bonds is 3. The van der Waals surface area contributed by atoms with Crippen LogP contribution in [0.1, 0.15) is 19.4 Å². The molecule has 0 bridgehead atoms. The highest BCUT2D eigenvalue weighted by molar-refractivity contribution is 5.57. The molecule has 2 N–H and O–H groups in total. The first-order valence-electron chi connectivity index (χ1n) is 5.77. The van der Waals surface area contributed by atoms with Crippen LogP contribution in [-0.4, -0.2) is 19.1 Å². The van der Waals surface area contributed by atoms with Gasteiger partial charge in [0.1, 0.15) is 0 Å². The zero-order valence-corrected chi connectivity index (χ0v) is 9.61. The largest absolute Gasteiger partial charge is 0.369 e. The molecule has 1 aliphatic rings. The molecule has 2 rings (SSSR count). The number of para-hydroxylation sites is 1. The molecule has 1 atom stereocenters. The van der Waals surface area contributed by atoms with Gasteiger partial charge in [-0.15, -0.1) is 0 Å². The molecule has 0 saturated heterocycles. The maximum Gasteiger partial charge on any atom is 0.0400 e. The summed E-state index contributed by atoms with van der Waals surface area (Å²) in [5.74, 6) is 0.553. The molecule has 1 aromatic carbocycles. The van der Waals surface area contributed by atoms with Crippen LogP contribution in [0.5, 0.6) is 0 Å². The second kappa shape index (κ2) is 4.23. The normalized spacial score (nSPS) is 16.9. The summed E-state index contributed by atoms with van der Waals surface area (Å²) in [6.45, 7) is 6.48. The third-order valence-corrected chi connectivity index (χ3v) is 3.27. The molecule has 82 valence electrons. The van der Waals surface area contributed by atoms with E-state index in [1.54, 1.807) is 0 Å². The fraction of sp³-hybridized carbons (Fsp3) is 0.538. The number of benzene rings is 1. The topological polar surface area (TPSA) is 29.3 Å². The summed E-state index contributed by atoms with van der Waals surface area (Å²) in [6.07, 6.45) is 1.17. The highest BCUT2D eigenvalue weighted by Gasteiger charge is 2.20. The van der Waals surface area contributed by atoms with E-state index in [9.17, 15) is 0 Å². The number of hydrogen-bond donors (Lipinski definition) is 1. The first-order valence-corrected chi connectivity index (χ1v) is 5.77. The lowest BCUT2D eigenvalue weighted by Crippen LogP contribution is -2.40. The summed E-state index contributed by atoms with van der Waals surface area (Å²) in [5.41, 5.74) is 8.96. The third-order valence-electron chi connectivity index (χ3n) is 3.27. The van der Waals surface area contributed by atoms with Gasteiger partial charge in [-0.25, -0.2) is 0 Å². The summed E-state index contributed by atoms with van der Waals surface area (Å²) >= 11 is 0. The van der Waals surface area contributed by atoms with Crippen LogP contribution in [-0.2, 0) is 6.42 Å². The Balaban J connectivity index is 2.08. The van der Waals surface area contributed by atoms with Gasteiger partial charge in [0.15, 0.2) is 0 Å².